The monoisotopic (exact) mass is 470 g/mol. The van der Waals surface area contributed by atoms with E-state index >= 15 is 0 Å². The van der Waals surface area contributed by atoms with E-state index in [1.165, 1.54) is 53.5 Å². The number of ether oxygens (including phenoxy) is 1. The molecule has 33 heavy (non-hydrogen) atoms. The molecule has 3 aromatic rings. The molecule has 2 aliphatic carbocycles. The number of nitrogens with one attached hydrogen (secondary N) is 1. The van der Waals surface area contributed by atoms with Gasteiger partial charge < -0.3 is 4.74 Å². The first-order valence-electron chi connectivity index (χ1n) is 11.0. The van der Waals surface area contributed by atoms with Crippen molar-refractivity contribution in [3.8, 4) is 11.7 Å². The molecular weight excluding hydrogens is 444 g/mol. The minimum absolute atomic E-state index is 0.0561. The number of rotatable bonds is 9. The summed E-state index contributed by atoms with van der Waals surface area (Å²) < 4.78 is 36.4. The Kier molecular flexibility index (Phi) is 5.43. The first kappa shape index (κ1) is 21.6. The van der Waals surface area contributed by atoms with Gasteiger partial charge in [0, 0.05) is 25.5 Å². The largest absolute Gasteiger partial charge is 0.476 e. The number of aryl methyl sites for hydroxylation is 1. The second kappa shape index (κ2) is 8.29. The number of hydrogen-bond acceptors (Lipinski definition) is 7. The van der Waals surface area contributed by atoms with Gasteiger partial charge in [-0.1, -0.05) is 0 Å². The third-order valence-electron chi connectivity index (χ3n) is 6.40. The molecule has 2 aliphatic rings. The summed E-state index contributed by atoms with van der Waals surface area (Å²) in [5, 5.41) is 8.35. The Labute approximate surface area is 192 Å². The van der Waals surface area contributed by atoms with Crippen molar-refractivity contribution in [2.24, 2.45) is 24.8 Å². The van der Waals surface area contributed by atoms with Crippen LogP contribution in [0.25, 0.3) is 5.82 Å². The van der Waals surface area contributed by atoms with Gasteiger partial charge in [-0.2, -0.15) is 5.10 Å². The molecule has 0 bridgehead atoms. The van der Waals surface area contributed by atoms with Crippen molar-refractivity contribution >= 4 is 15.9 Å². The molecule has 0 radical (unpaired) electrons. The Morgan fingerprint density at radius 2 is 1.97 bits per heavy atom. The van der Waals surface area contributed by atoms with Gasteiger partial charge in [0.2, 0.25) is 5.88 Å². The molecule has 11 heteroatoms. The normalized spacial score (nSPS) is 16.2. The molecule has 0 saturated heterocycles. The van der Waals surface area contributed by atoms with Crippen LogP contribution in [0.4, 0.5) is 0 Å². The van der Waals surface area contributed by atoms with Gasteiger partial charge in [-0.25, -0.2) is 22.8 Å². The molecule has 3 aromatic heterocycles. The predicted octanol–water partition coefficient (Wildman–Crippen LogP) is 2.24. The van der Waals surface area contributed by atoms with Gasteiger partial charge in [0.25, 0.3) is 15.9 Å². The van der Waals surface area contributed by atoms with Crippen molar-refractivity contribution in [2.45, 2.75) is 37.5 Å². The van der Waals surface area contributed by atoms with E-state index in [0.29, 0.717) is 24.1 Å². The standard InChI is InChI=1S/C22H26N6O4S/c1-14-19(12-24-27(14)2)33(30,31)26-22(29)17-4-3-10-23-21(17)28-11-9-20(25-28)32-13-18(15-5-6-15)16-7-8-16/h3-4,9-12,15-16,18H,5-8,13H2,1-2H3,(H,26,29). The number of carbonyl (C=O) groups is 1. The van der Waals surface area contributed by atoms with E-state index in [-0.39, 0.29) is 16.3 Å². The number of pyridine rings is 1. The number of aromatic nitrogens is 5. The maximum atomic E-state index is 12.9. The highest BCUT2D eigenvalue weighted by Gasteiger charge is 2.41. The minimum Gasteiger partial charge on any atom is -0.476 e. The Hall–Kier alpha value is -3.21. The van der Waals surface area contributed by atoms with E-state index in [0.717, 1.165) is 11.8 Å². The molecule has 0 unspecified atom stereocenters. The van der Waals surface area contributed by atoms with Gasteiger partial charge in [0.15, 0.2) is 5.82 Å². The summed E-state index contributed by atoms with van der Waals surface area (Å²) in [6.07, 6.45) is 9.52. The fourth-order valence-corrected chi connectivity index (χ4v) is 5.29. The second-order valence-electron chi connectivity index (χ2n) is 8.78. The molecule has 5 rings (SSSR count). The highest BCUT2D eigenvalue weighted by molar-refractivity contribution is 7.90. The van der Waals surface area contributed by atoms with E-state index in [2.05, 4.69) is 19.9 Å². The van der Waals surface area contributed by atoms with Gasteiger partial charge in [-0.15, -0.1) is 5.10 Å². The quantitative estimate of drug-likeness (QED) is 0.509. The second-order valence-corrected chi connectivity index (χ2v) is 10.4. The zero-order valence-corrected chi connectivity index (χ0v) is 19.3. The Morgan fingerprint density at radius 3 is 2.61 bits per heavy atom. The van der Waals surface area contributed by atoms with Crippen LogP contribution < -0.4 is 9.46 Å². The average molecular weight is 471 g/mol. The van der Waals surface area contributed by atoms with Crippen molar-refractivity contribution in [3.05, 3.63) is 48.0 Å². The highest BCUT2D eigenvalue weighted by atomic mass is 32.2. The summed E-state index contributed by atoms with van der Waals surface area (Å²) in [5.74, 6) is 2.00. The molecule has 0 aliphatic heterocycles. The summed E-state index contributed by atoms with van der Waals surface area (Å²) >= 11 is 0. The summed E-state index contributed by atoms with van der Waals surface area (Å²) in [6, 6.07) is 4.79. The summed E-state index contributed by atoms with van der Waals surface area (Å²) in [7, 11) is -2.47. The lowest BCUT2D eigenvalue weighted by molar-refractivity contribution is 0.0981. The number of hydrogen-bond donors (Lipinski definition) is 1. The predicted molar refractivity (Wildman–Crippen MR) is 118 cm³/mol. The van der Waals surface area contributed by atoms with E-state index < -0.39 is 15.9 Å². The van der Waals surface area contributed by atoms with Gasteiger partial charge >= 0.3 is 0 Å². The smallest absolute Gasteiger partial charge is 0.268 e. The average Bonchev–Trinajstić information content (AvgIpc) is 3.72. The topological polar surface area (TPSA) is 121 Å². The van der Waals surface area contributed by atoms with Crippen molar-refractivity contribution < 1.29 is 17.9 Å². The van der Waals surface area contributed by atoms with E-state index in [4.69, 9.17) is 4.74 Å². The summed E-state index contributed by atoms with van der Waals surface area (Å²) in [6.45, 7) is 2.26. The highest BCUT2D eigenvalue weighted by Crippen LogP contribution is 2.49. The molecule has 2 fully saturated rings. The maximum absolute atomic E-state index is 12.9. The molecule has 10 nitrogen and oxygen atoms in total. The van der Waals surface area contributed by atoms with Crippen LogP contribution in [0.2, 0.25) is 0 Å². The molecule has 0 aromatic carbocycles. The summed E-state index contributed by atoms with van der Waals surface area (Å²) in [4.78, 5) is 17.1. The molecule has 0 spiro atoms. The fourth-order valence-electron chi connectivity index (χ4n) is 4.12. The molecule has 0 atom stereocenters. The van der Waals surface area contributed by atoms with E-state index in [1.54, 1.807) is 32.3 Å². The number of nitrogens with zero attached hydrogens (tertiary/aromatic N) is 5. The van der Waals surface area contributed by atoms with Gasteiger partial charge in [-0.3, -0.25) is 9.48 Å². The van der Waals surface area contributed by atoms with Crippen molar-refractivity contribution in [1.82, 2.24) is 29.3 Å². The van der Waals surface area contributed by atoms with Gasteiger partial charge in [0.05, 0.1) is 24.1 Å². The number of carbonyl (C=O) groups excluding carboxylic acids is 1. The van der Waals surface area contributed by atoms with Crippen molar-refractivity contribution in [2.75, 3.05) is 6.61 Å². The summed E-state index contributed by atoms with van der Waals surface area (Å²) in [5.41, 5.74) is 0.498. The fraction of sp³-hybridized carbons (Fsp3) is 0.455. The molecule has 3 heterocycles. The van der Waals surface area contributed by atoms with Crippen LogP contribution in [-0.4, -0.2) is 45.5 Å². The first-order chi connectivity index (χ1) is 15.8. The number of sulfonamides is 1. The lowest BCUT2D eigenvalue weighted by Crippen LogP contribution is -2.32. The Morgan fingerprint density at radius 1 is 1.24 bits per heavy atom. The molecule has 2 saturated carbocycles. The van der Waals surface area contributed by atoms with E-state index in [9.17, 15) is 13.2 Å². The SMILES string of the molecule is Cc1c(S(=O)(=O)NC(=O)c2cccnc2-n2ccc(OCC(C3CC3)C3CC3)n2)cnn1C. The lowest BCUT2D eigenvalue weighted by Gasteiger charge is -2.15. The molecule has 1 amide bonds. The third kappa shape index (κ3) is 4.50. The molecule has 174 valence electrons. The van der Waals surface area contributed by atoms with Crippen LogP contribution in [-0.2, 0) is 17.1 Å². The van der Waals surface area contributed by atoms with Gasteiger partial charge in [0.1, 0.15) is 4.90 Å². The maximum Gasteiger partial charge on any atom is 0.268 e. The number of amides is 1. The minimum atomic E-state index is -4.10. The van der Waals surface area contributed by atoms with Crippen LogP contribution >= 0.6 is 0 Å². The van der Waals surface area contributed by atoms with Crippen LogP contribution in [0.5, 0.6) is 5.88 Å². The van der Waals surface area contributed by atoms with Crippen LogP contribution in [0.15, 0.2) is 41.7 Å². The molecule has 1 N–H and O–H groups in total. The lowest BCUT2D eigenvalue weighted by atomic mass is 9.99. The Bertz CT molecular complexity index is 1280. The van der Waals surface area contributed by atoms with Crippen molar-refractivity contribution in [1.29, 1.82) is 0 Å². The zero-order valence-electron chi connectivity index (χ0n) is 18.5. The van der Waals surface area contributed by atoms with Crippen molar-refractivity contribution in [3.63, 3.8) is 0 Å². The first-order valence-corrected chi connectivity index (χ1v) is 12.5. The van der Waals surface area contributed by atoms with Gasteiger partial charge in [-0.05, 0) is 62.5 Å². The van der Waals surface area contributed by atoms with Crippen LogP contribution in [0.1, 0.15) is 41.7 Å². The van der Waals surface area contributed by atoms with Crippen LogP contribution in [0, 0.1) is 24.7 Å². The zero-order chi connectivity index (χ0) is 23.2. The Balaban J connectivity index is 1.32. The molecular formula is C22H26N6O4S. The van der Waals surface area contributed by atoms with E-state index in [1.807, 2.05) is 0 Å². The third-order valence-corrected chi connectivity index (χ3v) is 7.83. The van der Waals surface area contributed by atoms with Crippen LogP contribution in [0.3, 0.4) is 0 Å².